The molecule has 1 rings (SSSR count). The minimum absolute atomic E-state index is 0.0174. The number of hydrogen-bond acceptors (Lipinski definition) is 3. The van der Waals surface area contributed by atoms with E-state index in [1.54, 1.807) is 14.0 Å². The van der Waals surface area contributed by atoms with Crippen LogP contribution in [0.1, 0.15) is 58.8 Å². The summed E-state index contributed by atoms with van der Waals surface area (Å²) in [6, 6.07) is -0.0174. The minimum Gasteiger partial charge on any atom is -0.378 e. The van der Waals surface area contributed by atoms with Crippen molar-refractivity contribution in [2.24, 2.45) is 11.7 Å². The van der Waals surface area contributed by atoms with Crippen LogP contribution in [0, 0.1) is 5.92 Å². The Morgan fingerprint density at radius 2 is 2.05 bits per heavy atom. The molecule has 3 atom stereocenters. The van der Waals surface area contributed by atoms with Crippen molar-refractivity contribution in [2.75, 3.05) is 13.7 Å². The molecule has 0 saturated carbocycles. The summed E-state index contributed by atoms with van der Waals surface area (Å²) < 4.78 is 5.49. The number of rotatable bonds is 9. The molecule has 5 nitrogen and oxygen atoms in total. The third kappa shape index (κ3) is 4.99. The van der Waals surface area contributed by atoms with E-state index in [4.69, 9.17) is 10.5 Å². The fourth-order valence-corrected chi connectivity index (χ4v) is 3.15. The van der Waals surface area contributed by atoms with Gasteiger partial charge in [0.1, 0.15) is 0 Å². The SMILES string of the molecule is CCCCCCC(=O)N1CCCC1C(OC)C(C)C(N)=O. The molecule has 0 aliphatic carbocycles. The molecule has 0 aromatic carbocycles. The van der Waals surface area contributed by atoms with Crippen molar-refractivity contribution in [3.05, 3.63) is 0 Å². The van der Waals surface area contributed by atoms with Gasteiger partial charge in [0.25, 0.3) is 0 Å². The predicted octanol–water partition coefficient (Wildman–Crippen LogP) is 2.08. The maximum Gasteiger partial charge on any atom is 0.222 e. The van der Waals surface area contributed by atoms with Crippen LogP contribution in [0.3, 0.4) is 0 Å². The van der Waals surface area contributed by atoms with Crippen molar-refractivity contribution in [3.8, 4) is 0 Å². The van der Waals surface area contributed by atoms with Crippen molar-refractivity contribution >= 4 is 11.8 Å². The van der Waals surface area contributed by atoms with Crippen LogP contribution in [0.15, 0.2) is 0 Å². The molecule has 1 aliphatic rings. The van der Waals surface area contributed by atoms with Gasteiger partial charge in [-0.2, -0.15) is 0 Å². The van der Waals surface area contributed by atoms with Gasteiger partial charge in [0.15, 0.2) is 0 Å². The van der Waals surface area contributed by atoms with E-state index in [9.17, 15) is 9.59 Å². The van der Waals surface area contributed by atoms with Crippen LogP contribution in [0.25, 0.3) is 0 Å². The molecule has 2 N–H and O–H groups in total. The highest BCUT2D eigenvalue weighted by Gasteiger charge is 2.38. The van der Waals surface area contributed by atoms with Gasteiger partial charge in [0.2, 0.25) is 11.8 Å². The first-order valence-corrected chi connectivity index (χ1v) is 8.14. The number of nitrogens with two attached hydrogens (primary N) is 1. The van der Waals surface area contributed by atoms with Crippen LogP contribution < -0.4 is 5.73 Å². The molecule has 0 spiro atoms. The molecule has 5 heteroatoms. The first-order chi connectivity index (χ1) is 10.0. The Morgan fingerprint density at radius 3 is 2.62 bits per heavy atom. The van der Waals surface area contributed by atoms with Crippen molar-refractivity contribution < 1.29 is 14.3 Å². The predicted molar refractivity (Wildman–Crippen MR) is 82.6 cm³/mol. The van der Waals surface area contributed by atoms with Crippen molar-refractivity contribution in [1.29, 1.82) is 0 Å². The van der Waals surface area contributed by atoms with Gasteiger partial charge in [-0.3, -0.25) is 9.59 Å². The van der Waals surface area contributed by atoms with E-state index < -0.39 is 0 Å². The Balaban J connectivity index is 2.60. The Hall–Kier alpha value is -1.10. The lowest BCUT2D eigenvalue weighted by atomic mass is 9.95. The van der Waals surface area contributed by atoms with Crippen LogP contribution in [-0.2, 0) is 14.3 Å². The number of carbonyl (C=O) groups is 2. The molecule has 1 fully saturated rings. The lowest BCUT2D eigenvalue weighted by Crippen LogP contribution is -2.48. The topological polar surface area (TPSA) is 72.6 Å². The quantitative estimate of drug-likeness (QED) is 0.662. The van der Waals surface area contributed by atoms with Gasteiger partial charge in [-0.05, 0) is 19.3 Å². The molecule has 1 aliphatic heterocycles. The van der Waals surface area contributed by atoms with E-state index in [-0.39, 0.29) is 29.9 Å². The summed E-state index contributed by atoms with van der Waals surface area (Å²) in [4.78, 5) is 25.7. The number of ether oxygens (including phenoxy) is 1. The Labute approximate surface area is 128 Å². The first-order valence-electron chi connectivity index (χ1n) is 8.14. The monoisotopic (exact) mass is 298 g/mol. The first kappa shape index (κ1) is 18.0. The number of hydrogen-bond donors (Lipinski definition) is 1. The molecule has 1 saturated heterocycles. The van der Waals surface area contributed by atoms with E-state index in [0.29, 0.717) is 6.42 Å². The third-order valence-corrected chi connectivity index (χ3v) is 4.46. The standard InChI is InChI=1S/C16H30N2O3/c1-4-5-6-7-10-14(19)18-11-8-9-13(18)15(21-3)12(2)16(17)20/h12-13,15H,4-11H2,1-3H3,(H2,17,20). The average molecular weight is 298 g/mol. The smallest absolute Gasteiger partial charge is 0.222 e. The molecule has 0 bridgehead atoms. The maximum absolute atomic E-state index is 12.4. The Morgan fingerprint density at radius 1 is 1.33 bits per heavy atom. The number of amides is 2. The fourth-order valence-electron chi connectivity index (χ4n) is 3.15. The molecular weight excluding hydrogens is 268 g/mol. The number of methoxy groups -OCH3 is 1. The summed E-state index contributed by atoms with van der Waals surface area (Å²) >= 11 is 0. The number of carbonyl (C=O) groups excluding carboxylic acids is 2. The van der Waals surface area contributed by atoms with Crippen LogP contribution >= 0.6 is 0 Å². The summed E-state index contributed by atoms with van der Waals surface area (Å²) in [6.07, 6.45) is 6.54. The summed E-state index contributed by atoms with van der Waals surface area (Å²) in [5.41, 5.74) is 5.39. The normalized spacial score (nSPS) is 21.3. The summed E-state index contributed by atoms with van der Waals surface area (Å²) in [7, 11) is 1.59. The van der Waals surface area contributed by atoms with E-state index in [2.05, 4.69) is 6.92 Å². The summed E-state index contributed by atoms with van der Waals surface area (Å²) in [5.74, 6) is -0.565. The molecule has 21 heavy (non-hydrogen) atoms. The molecular formula is C16H30N2O3. The van der Waals surface area contributed by atoms with Crippen LogP contribution in [-0.4, -0.2) is 42.5 Å². The van der Waals surface area contributed by atoms with E-state index in [0.717, 1.165) is 32.2 Å². The Bertz CT molecular complexity index is 346. The number of nitrogens with zero attached hydrogens (tertiary/aromatic N) is 1. The molecule has 3 unspecified atom stereocenters. The van der Waals surface area contributed by atoms with Gasteiger partial charge < -0.3 is 15.4 Å². The van der Waals surface area contributed by atoms with E-state index in [1.807, 2.05) is 4.90 Å². The second kappa shape index (κ2) is 9.03. The molecule has 1 heterocycles. The van der Waals surface area contributed by atoms with Crippen molar-refractivity contribution in [1.82, 2.24) is 4.90 Å². The fraction of sp³-hybridized carbons (Fsp3) is 0.875. The molecule has 0 aromatic heterocycles. The van der Waals surface area contributed by atoms with E-state index in [1.165, 1.54) is 12.8 Å². The zero-order chi connectivity index (χ0) is 15.8. The highest BCUT2D eigenvalue weighted by Crippen LogP contribution is 2.27. The summed E-state index contributed by atoms with van der Waals surface area (Å²) in [5, 5.41) is 0. The van der Waals surface area contributed by atoms with Gasteiger partial charge in [-0.1, -0.05) is 33.1 Å². The lowest BCUT2D eigenvalue weighted by Gasteiger charge is -2.33. The van der Waals surface area contributed by atoms with Gasteiger partial charge in [-0.25, -0.2) is 0 Å². The maximum atomic E-state index is 12.4. The van der Waals surface area contributed by atoms with Crippen LogP contribution in [0.5, 0.6) is 0 Å². The van der Waals surface area contributed by atoms with Gasteiger partial charge in [-0.15, -0.1) is 0 Å². The largest absolute Gasteiger partial charge is 0.378 e. The van der Waals surface area contributed by atoms with Crippen LogP contribution in [0.2, 0.25) is 0 Å². The second-order valence-corrected chi connectivity index (χ2v) is 6.00. The molecule has 0 aromatic rings. The van der Waals surface area contributed by atoms with E-state index >= 15 is 0 Å². The average Bonchev–Trinajstić information content (AvgIpc) is 2.93. The zero-order valence-corrected chi connectivity index (χ0v) is 13.6. The molecule has 2 amide bonds. The van der Waals surface area contributed by atoms with Gasteiger partial charge in [0, 0.05) is 20.1 Å². The second-order valence-electron chi connectivity index (χ2n) is 6.00. The number of primary amides is 1. The molecule has 122 valence electrons. The van der Waals surface area contributed by atoms with Crippen molar-refractivity contribution in [3.63, 3.8) is 0 Å². The highest BCUT2D eigenvalue weighted by atomic mass is 16.5. The van der Waals surface area contributed by atoms with Gasteiger partial charge in [0.05, 0.1) is 18.1 Å². The third-order valence-electron chi connectivity index (χ3n) is 4.46. The summed E-state index contributed by atoms with van der Waals surface area (Å²) in [6.45, 7) is 4.70. The zero-order valence-electron chi connectivity index (χ0n) is 13.6. The van der Waals surface area contributed by atoms with Gasteiger partial charge >= 0.3 is 0 Å². The Kier molecular flexibility index (Phi) is 7.72. The lowest BCUT2D eigenvalue weighted by molar-refractivity contribution is -0.138. The highest BCUT2D eigenvalue weighted by molar-refractivity contribution is 5.78. The van der Waals surface area contributed by atoms with Crippen LogP contribution in [0.4, 0.5) is 0 Å². The minimum atomic E-state index is -0.381. The number of unbranched alkanes of at least 4 members (excludes halogenated alkanes) is 3. The number of likely N-dealkylation sites (tertiary alicyclic amines) is 1. The molecule has 0 radical (unpaired) electrons. The van der Waals surface area contributed by atoms with Crippen molar-refractivity contribution in [2.45, 2.75) is 70.9 Å².